The van der Waals surface area contributed by atoms with Gasteiger partial charge in [0.05, 0.1) is 6.20 Å². The molecule has 1 N–H and O–H groups in total. The fraction of sp³-hybridized carbons (Fsp3) is 0.750. The van der Waals surface area contributed by atoms with Gasteiger partial charge in [-0.2, -0.15) is 0 Å². The number of hydrogen-bond donors (Lipinski definition) is 1. The molecule has 0 saturated carbocycles. The first kappa shape index (κ1) is 10.3. The lowest BCUT2D eigenvalue weighted by Gasteiger charge is -2.26. The number of aliphatic hydroxyl groups is 1. The molecular weight excluding hydrogens is 140 g/mol. The zero-order chi connectivity index (χ0) is 8.85. The van der Waals surface area contributed by atoms with Crippen LogP contribution in [0, 0.1) is 0 Å². The molecule has 0 saturated heterocycles. The molecule has 0 aromatic carbocycles. The van der Waals surface area contributed by atoms with Crippen molar-refractivity contribution in [2.45, 2.75) is 20.3 Å². The number of hydrazine groups is 1. The second kappa shape index (κ2) is 5.02. The van der Waals surface area contributed by atoms with Crippen LogP contribution in [0.4, 0.5) is 0 Å². The second-order valence-corrected chi connectivity index (χ2v) is 2.78. The monoisotopic (exact) mass is 158 g/mol. The third-order valence-electron chi connectivity index (χ3n) is 1.30. The van der Waals surface area contributed by atoms with E-state index in [4.69, 9.17) is 5.11 Å². The summed E-state index contributed by atoms with van der Waals surface area (Å²) in [5.74, 6) is 0.340. The predicted octanol–water partition coefficient (Wildman–Crippen LogP) is 1.59. The average molecular weight is 158 g/mol. The fourth-order valence-corrected chi connectivity index (χ4v) is 0.825. The molecule has 0 aliphatic carbocycles. The van der Waals surface area contributed by atoms with Crippen molar-refractivity contribution in [1.29, 1.82) is 0 Å². The molecule has 0 spiro atoms. The standard InChI is InChI=1S/C8H18N2O/c1-5-6-10(9(3)4)7-8(2)11/h7,11H,5-6H2,1-4H3. The molecule has 0 aromatic rings. The van der Waals surface area contributed by atoms with Crippen LogP contribution in [0.5, 0.6) is 0 Å². The van der Waals surface area contributed by atoms with Gasteiger partial charge in [0, 0.05) is 20.6 Å². The molecule has 0 unspecified atom stereocenters. The summed E-state index contributed by atoms with van der Waals surface area (Å²) in [6.45, 7) is 4.72. The molecule has 0 amide bonds. The zero-order valence-electron chi connectivity index (χ0n) is 7.83. The molecule has 0 aromatic heterocycles. The van der Waals surface area contributed by atoms with E-state index in [1.165, 1.54) is 0 Å². The Balaban J connectivity index is 4.00. The largest absolute Gasteiger partial charge is 0.511 e. The Hall–Kier alpha value is -0.700. The Bertz CT molecular complexity index is 128. The van der Waals surface area contributed by atoms with E-state index in [0.29, 0.717) is 5.76 Å². The van der Waals surface area contributed by atoms with Crippen molar-refractivity contribution in [2.24, 2.45) is 0 Å². The van der Waals surface area contributed by atoms with Gasteiger partial charge in [-0.1, -0.05) is 6.92 Å². The van der Waals surface area contributed by atoms with Crippen molar-refractivity contribution in [3.63, 3.8) is 0 Å². The maximum atomic E-state index is 8.99. The highest BCUT2D eigenvalue weighted by atomic mass is 16.3. The summed E-state index contributed by atoms with van der Waals surface area (Å²) in [6.07, 6.45) is 2.80. The van der Waals surface area contributed by atoms with Crippen LogP contribution in [-0.4, -0.2) is 35.8 Å². The molecular formula is C8H18N2O. The van der Waals surface area contributed by atoms with Gasteiger partial charge in [0.15, 0.2) is 0 Å². The lowest BCUT2D eigenvalue weighted by Crippen LogP contribution is -2.33. The van der Waals surface area contributed by atoms with Gasteiger partial charge in [-0.3, -0.25) is 0 Å². The summed E-state index contributed by atoms with van der Waals surface area (Å²) in [5, 5.41) is 12.9. The van der Waals surface area contributed by atoms with E-state index in [2.05, 4.69) is 6.92 Å². The van der Waals surface area contributed by atoms with Gasteiger partial charge in [-0.05, 0) is 13.3 Å². The quantitative estimate of drug-likeness (QED) is 0.497. The number of allylic oxidation sites excluding steroid dienone is 1. The normalized spacial score (nSPS) is 12.3. The van der Waals surface area contributed by atoms with E-state index in [1.54, 1.807) is 13.1 Å². The third-order valence-corrected chi connectivity index (χ3v) is 1.30. The molecule has 0 aliphatic heterocycles. The van der Waals surface area contributed by atoms with Crippen LogP contribution in [0.15, 0.2) is 12.0 Å². The van der Waals surface area contributed by atoms with Crippen LogP contribution >= 0.6 is 0 Å². The smallest absolute Gasteiger partial charge is 0.106 e. The first-order valence-corrected chi connectivity index (χ1v) is 3.89. The van der Waals surface area contributed by atoms with E-state index < -0.39 is 0 Å². The molecule has 66 valence electrons. The fourth-order valence-electron chi connectivity index (χ4n) is 0.825. The highest BCUT2D eigenvalue weighted by Gasteiger charge is 1.99. The number of aliphatic hydroxyl groups excluding tert-OH is 1. The predicted molar refractivity (Wildman–Crippen MR) is 47.1 cm³/mol. The first-order valence-electron chi connectivity index (χ1n) is 3.89. The van der Waals surface area contributed by atoms with Crippen molar-refractivity contribution >= 4 is 0 Å². The zero-order valence-corrected chi connectivity index (χ0v) is 7.83. The highest BCUT2D eigenvalue weighted by Crippen LogP contribution is 1.97. The minimum atomic E-state index is 0.340. The summed E-state index contributed by atoms with van der Waals surface area (Å²) < 4.78 is 0. The van der Waals surface area contributed by atoms with E-state index in [0.717, 1.165) is 13.0 Å². The second-order valence-electron chi connectivity index (χ2n) is 2.78. The Labute approximate surface area is 68.9 Å². The van der Waals surface area contributed by atoms with E-state index in [-0.39, 0.29) is 0 Å². The van der Waals surface area contributed by atoms with Gasteiger partial charge in [0.2, 0.25) is 0 Å². The molecule has 0 bridgehead atoms. The van der Waals surface area contributed by atoms with Crippen LogP contribution in [0.3, 0.4) is 0 Å². The van der Waals surface area contributed by atoms with E-state index >= 15 is 0 Å². The maximum absolute atomic E-state index is 8.99. The van der Waals surface area contributed by atoms with E-state index in [1.807, 2.05) is 24.1 Å². The summed E-state index contributed by atoms with van der Waals surface area (Å²) in [5.41, 5.74) is 0. The van der Waals surface area contributed by atoms with Crippen molar-refractivity contribution < 1.29 is 5.11 Å². The van der Waals surface area contributed by atoms with Gasteiger partial charge < -0.3 is 10.1 Å². The van der Waals surface area contributed by atoms with Crippen LogP contribution < -0.4 is 0 Å². The Kier molecular flexibility index (Phi) is 4.70. The van der Waals surface area contributed by atoms with Gasteiger partial charge in [-0.25, -0.2) is 5.01 Å². The number of nitrogens with zero attached hydrogens (tertiary/aromatic N) is 2. The summed E-state index contributed by atoms with van der Waals surface area (Å²) in [7, 11) is 3.91. The van der Waals surface area contributed by atoms with Crippen LogP contribution in [0.25, 0.3) is 0 Å². The first-order chi connectivity index (χ1) is 5.07. The minimum absolute atomic E-state index is 0.340. The maximum Gasteiger partial charge on any atom is 0.106 e. The SMILES string of the molecule is CCCN(C=C(C)O)N(C)C. The molecule has 3 heteroatoms. The topological polar surface area (TPSA) is 26.7 Å². The molecule has 3 nitrogen and oxygen atoms in total. The van der Waals surface area contributed by atoms with Crippen LogP contribution in [0.2, 0.25) is 0 Å². The van der Waals surface area contributed by atoms with E-state index in [9.17, 15) is 0 Å². The molecule has 11 heavy (non-hydrogen) atoms. The summed E-state index contributed by atoms with van der Waals surface area (Å²) in [4.78, 5) is 0. The lowest BCUT2D eigenvalue weighted by molar-refractivity contribution is 0.0776. The third kappa shape index (κ3) is 4.67. The molecule has 0 heterocycles. The molecule has 0 fully saturated rings. The molecule has 0 rings (SSSR count). The van der Waals surface area contributed by atoms with Crippen molar-refractivity contribution in [1.82, 2.24) is 10.0 Å². The molecule has 0 atom stereocenters. The Morgan fingerprint density at radius 1 is 1.45 bits per heavy atom. The van der Waals surface area contributed by atoms with Crippen molar-refractivity contribution in [3.05, 3.63) is 12.0 Å². The molecule has 0 aliphatic rings. The lowest BCUT2D eigenvalue weighted by atomic mass is 10.4. The van der Waals surface area contributed by atoms with Gasteiger partial charge >= 0.3 is 0 Å². The average Bonchev–Trinajstić information content (AvgIpc) is 1.86. The van der Waals surface area contributed by atoms with Gasteiger partial charge in [0.25, 0.3) is 0 Å². The van der Waals surface area contributed by atoms with Gasteiger partial charge in [-0.15, -0.1) is 0 Å². The van der Waals surface area contributed by atoms with Crippen LogP contribution in [-0.2, 0) is 0 Å². The van der Waals surface area contributed by atoms with Crippen molar-refractivity contribution in [3.8, 4) is 0 Å². The van der Waals surface area contributed by atoms with Crippen molar-refractivity contribution in [2.75, 3.05) is 20.6 Å². The highest BCUT2D eigenvalue weighted by molar-refractivity contribution is 4.84. The number of rotatable bonds is 4. The number of hydrogen-bond acceptors (Lipinski definition) is 3. The van der Waals surface area contributed by atoms with Gasteiger partial charge in [0.1, 0.15) is 5.76 Å². The minimum Gasteiger partial charge on any atom is -0.511 e. The summed E-state index contributed by atoms with van der Waals surface area (Å²) in [6, 6.07) is 0. The molecule has 0 radical (unpaired) electrons. The summed E-state index contributed by atoms with van der Waals surface area (Å²) >= 11 is 0. The van der Waals surface area contributed by atoms with Crippen LogP contribution in [0.1, 0.15) is 20.3 Å². The Morgan fingerprint density at radius 3 is 2.27 bits per heavy atom. The Morgan fingerprint density at radius 2 is 2.00 bits per heavy atom.